The standard InChI is InChI=1S/C13H20BrN3O/c1-9(2)11(17(3)4)8-16-13(18)10-6-5-7-15-12(10)14/h5-7,9,11H,8H2,1-4H3,(H,16,18). The molecule has 1 heterocycles. The van der Waals surface area contributed by atoms with Crippen molar-refractivity contribution in [3.05, 3.63) is 28.5 Å². The van der Waals surface area contributed by atoms with Crippen LogP contribution >= 0.6 is 15.9 Å². The number of carbonyl (C=O) groups is 1. The Hall–Kier alpha value is -0.940. The van der Waals surface area contributed by atoms with E-state index >= 15 is 0 Å². The third-order valence-electron chi connectivity index (χ3n) is 2.91. The van der Waals surface area contributed by atoms with Gasteiger partial charge in [-0.15, -0.1) is 0 Å². The second-order valence-electron chi connectivity index (χ2n) is 4.83. The molecule has 0 aromatic carbocycles. The molecule has 1 unspecified atom stereocenters. The molecule has 0 aliphatic carbocycles. The summed E-state index contributed by atoms with van der Waals surface area (Å²) in [5, 5.41) is 2.95. The molecule has 0 radical (unpaired) electrons. The molecule has 1 N–H and O–H groups in total. The molecule has 1 rings (SSSR count). The maximum absolute atomic E-state index is 12.0. The van der Waals surface area contributed by atoms with Crippen molar-refractivity contribution >= 4 is 21.8 Å². The molecule has 1 aromatic heterocycles. The van der Waals surface area contributed by atoms with E-state index < -0.39 is 0 Å². The fourth-order valence-corrected chi connectivity index (χ4v) is 2.29. The molecule has 0 aliphatic heterocycles. The van der Waals surface area contributed by atoms with Crippen molar-refractivity contribution in [2.75, 3.05) is 20.6 Å². The molecule has 1 atom stereocenters. The van der Waals surface area contributed by atoms with E-state index in [0.717, 1.165) is 0 Å². The highest BCUT2D eigenvalue weighted by Gasteiger charge is 2.18. The highest BCUT2D eigenvalue weighted by Crippen LogP contribution is 2.12. The molecule has 0 fully saturated rings. The van der Waals surface area contributed by atoms with Crippen LogP contribution in [0, 0.1) is 5.92 Å². The lowest BCUT2D eigenvalue weighted by Gasteiger charge is -2.28. The topological polar surface area (TPSA) is 45.2 Å². The highest BCUT2D eigenvalue weighted by atomic mass is 79.9. The predicted octanol–water partition coefficient (Wildman–Crippen LogP) is 2.16. The van der Waals surface area contributed by atoms with E-state index in [-0.39, 0.29) is 5.91 Å². The first-order valence-corrected chi connectivity index (χ1v) is 6.78. The van der Waals surface area contributed by atoms with Gasteiger partial charge in [-0.3, -0.25) is 4.79 Å². The molecule has 1 amide bonds. The number of hydrogen-bond donors (Lipinski definition) is 1. The van der Waals surface area contributed by atoms with Crippen molar-refractivity contribution in [2.45, 2.75) is 19.9 Å². The second kappa shape index (κ2) is 6.85. The Bertz CT molecular complexity index is 399. The first kappa shape index (κ1) is 15.1. The first-order chi connectivity index (χ1) is 8.43. The molecule has 0 aliphatic rings. The van der Waals surface area contributed by atoms with Crippen LogP contribution in [0.25, 0.3) is 0 Å². The number of pyridine rings is 1. The van der Waals surface area contributed by atoms with Gasteiger partial charge in [0.25, 0.3) is 5.91 Å². The average Bonchev–Trinajstić information content (AvgIpc) is 2.28. The van der Waals surface area contributed by atoms with E-state index in [0.29, 0.717) is 28.7 Å². The normalized spacial score (nSPS) is 12.8. The number of likely N-dealkylation sites (N-methyl/N-ethyl adjacent to an activating group) is 1. The lowest BCUT2D eigenvalue weighted by molar-refractivity contribution is 0.0933. The maximum atomic E-state index is 12.0. The Labute approximate surface area is 117 Å². The quantitative estimate of drug-likeness (QED) is 0.847. The van der Waals surface area contributed by atoms with Gasteiger partial charge in [0.2, 0.25) is 0 Å². The van der Waals surface area contributed by atoms with Gasteiger partial charge in [0, 0.05) is 18.8 Å². The zero-order valence-corrected chi connectivity index (χ0v) is 12.9. The molecule has 0 saturated carbocycles. The Morgan fingerprint density at radius 2 is 2.17 bits per heavy atom. The van der Waals surface area contributed by atoms with Crippen LogP contribution < -0.4 is 5.32 Å². The fourth-order valence-electron chi connectivity index (χ4n) is 1.86. The summed E-state index contributed by atoms with van der Waals surface area (Å²) < 4.78 is 0.577. The third kappa shape index (κ3) is 4.07. The zero-order chi connectivity index (χ0) is 13.7. The second-order valence-corrected chi connectivity index (χ2v) is 5.58. The van der Waals surface area contributed by atoms with Gasteiger partial charge in [0.05, 0.1) is 5.56 Å². The van der Waals surface area contributed by atoms with Gasteiger partial charge in [-0.05, 0) is 48.1 Å². The van der Waals surface area contributed by atoms with E-state index in [1.54, 1.807) is 18.3 Å². The molecule has 0 saturated heterocycles. The van der Waals surface area contributed by atoms with Gasteiger partial charge >= 0.3 is 0 Å². The Kier molecular flexibility index (Phi) is 5.75. The van der Waals surface area contributed by atoms with Crippen LogP contribution in [0.5, 0.6) is 0 Å². The van der Waals surface area contributed by atoms with Crippen LogP contribution in [0.15, 0.2) is 22.9 Å². The van der Waals surface area contributed by atoms with Crippen molar-refractivity contribution in [1.29, 1.82) is 0 Å². The van der Waals surface area contributed by atoms with Gasteiger partial charge in [0.15, 0.2) is 0 Å². The molecule has 1 aromatic rings. The molecule has 0 spiro atoms. The highest BCUT2D eigenvalue weighted by molar-refractivity contribution is 9.10. The van der Waals surface area contributed by atoms with Gasteiger partial charge in [0.1, 0.15) is 4.60 Å². The van der Waals surface area contributed by atoms with Crippen molar-refractivity contribution in [3.8, 4) is 0 Å². The summed E-state index contributed by atoms with van der Waals surface area (Å²) >= 11 is 3.28. The maximum Gasteiger partial charge on any atom is 0.254 e. The summed E-state index contributed by atoms with van der Waals surface area (Å²) in [4.78, 5) is 18.2. The number of rotatable bonds is 5. The molecule has 4 nitrogen and oxygen atoms in total. The van der Waals surface area contributed by atoms with E-state index in [4.69, 9.17) is 0 Å². The van der Waals surface area contributed by atoms with Gasteiger partial charge in [-0.1, -0.05) is 13.8 Å². The summed E-state index contributed by atoms with van der Waals surface area (Å²) in [6.45, 7) is 4.93. The summed E-state index contributed by atoms with van der Waals surface area (Å²) in [7, 11) is 4.05. The van der Waals surface area contributed by atoms with Gasteiger partial charge in [-0.25, -0.2) is 4.98 Å². The number of amides is 1. The number of halogens is 1. The minimum Gasteiger partial charge on any atom is -0.350 e. The first-order valence-electron chi connectivity index (χ1n) is 5.98. The summed E-state index contributed by atoms with van der Waals surface area (Å²) in [5.41, 5.74) is 0.568. The summed E-state index contributed by atoms with van der Waals surface area (Å²) in [6.07, 6.45) is 1.65. The van der Waals surface area contributed by atoms with Crippen LogP contribution in [0.2, 0.25) is 0 Å². The number of aromatic nitrogens is 1. The molecule has 100 valence electrons. The van der Waals surface area contributed by atoms with Crippen molar-refractivity contribution in [3.63, 3.8) is 0 Å². The van der Waals surface area contributed by atoms with Gasteiger partial charge < -0.3 is 10.2 Å². The third-order valence-corrected chi connectivity index (χ3v) is 3.54. The largest absolute Gasteiger partial charge is 0.350 e. The van der Waals surface area contributed by atoms with Crippen LogP contribution in [-0.4, -0.2) is 42.5 Å². The SMILES string of the molecule is CC(C)C(CNC(=O)c1cccnc1Br)N(C)C. The predicted molar refractivity (Wildman–Crippen MR) is 76.6 cm³/mol. The van der Waals surface area contributed by atoms with E-state index in [1.807, 2.05) is 14.1 Å². The molecule has 5 heteroatoms. The van der Waals surface area contributed by atoms with E-state index in [9.17, 15) is 4.79 Å². The number of carbonyl (C=O) groups excluding carboxylic acids is 1. The number of nitrogens with one attached hydrogen (secondary N) is 1. The molecular formula is C13H20BrN3O. The lowest BCUT2D eigenvalue weighted by atomic mass is 10.0. The van der Waals surface area contributed by atoms with Crippen LogP contribution in [0.3, 0.4) is 0 Å². The zero-order valence-electron chi connectivity index (χ0n) is 11.3. The van der Waals surface area contributed by atoms with Gasteiger partial charge in [-0.2, -0.15) is 0 Å². The smallest absolute Gasteiger partial charge is 0.254 e. The fraction of sp³-hybridized carbons (Fsp3) is 0.538. The minimum atomic E-state index is -0.0949. The number of nitrogens with zero attached hydrogens (tertiary/aromatic N) is 2. The summed E-state index contributed by atoms with van der Waals surface area (Å²) in [5.74, 6) is 0.389. The Balaban J connectivity index is 2.64. The monoisotopic (exact) mass is 313 g/mol. The van der Waals surface area contributed by atoms with Crippen LogP contribution in [0.1, 0.15) is 24.2 Å². The van der Waals surface area contributed by atoms with E-state index in [2.05, 4.69) is 45.0 Å². The van der Waals surface area contributed by atoms with Crippen LogP contribution in [-0.2, 0) is 0 Å². The minimum absolute atomic E-state index is 0.0949. The van der Waals surface area contributed by atoms with Crippen molar-refractivity contribution in [1.82, 2.24) is 15.2 Å². The molecule has 0 bridgehead atoms. The van der Waals surface area contributed by atoms with Crippen LogP contribution in [0.4, 0.5) is 0 Å². The lowest BCUT2D eigenvalue weighted by Crippen LogP contribution is -2.43. The van der Waals surface area contributed by atoms with E-state index in [1.165, 1.54) is 0 Å². The van der Waals surface area contributed by atoms with Crippen molar-refractivity contribution in [2.24, 2.45) is 5.92 Å². The average molecular weight is 314 g/mol. The molecule has 18 heavy (non-hydrogen) atoms. The van der Waals surface area contributed by atoms with Crippen molar-refractivity contribution < 1.29 is 4.79 Å². The Morgan fingerprint density at radius 3 is 2.67 bits per heavy atom. The summed E-state index contributed by atoms with van der Waals surface area (Å²) in [6, 6.07) is 3.84. The molecular weight excluding hydrogens is 294 g/mol. The Morgan fingerprint density at radius 1 is 1.50 bits per heavy atom. The number of hydrogen-bond acceptors (Lipinski definition) is 3.